The summed E-state index contributed by atoms with van der Waals surface area (Å²) in [6.07, 6.45) is 0. The van der Waals surface area contributed by atoms with E-state index in [1.165, 1.54) is 12.1 Å². The smallest absolute Gasteiger partial charge is 0.124 e. The molecule has 0 bridgehead atoms. The number of benzene rings is 1. The summed E-state index contributed by atoms with van der Waals surface area (Å²) >= 11 is 0. The molecule has 76 valence electrons. The van der Waals surface area contributed by atoms with Crippen LogP contribution in [-0.2, 0) is 5.54 Å². The highest BCUT2D eigenvalue weighted by atomic mass is 19.1. The Kier molecular flexibility index (Phi) is 2.17. The number of rotatable bonds is 2. The van der Waals surface area contributed by atoms with Crippen LogP contribution >= 0.6 is 0 Å². The Balaban J connectivity index is 2.43. The highest BCUT2D eigenvalue weighted by Crippen LogP contribution is 2.31. The van der Waals surface area contributed by atoms with Crippen LogP contribution in [0.15, 0.2) is 18.2 Å². The van der Waals surface area contributed by atoms with Gasteiger partial charge < -0.3 is 15.8 Å². The predicted octanol–water partition coefficient (Wildman–Crippen LogP) is 0.592. The molecule has 0 spiro atoms. The van der Waals surface area contributed by atoms with E-state index in [0.29, 0.717) is 18.8 Å². The van der Waals surface area contributed by atoms with Crippen molar-refractivity contribution in [1.29, 1.82) is 0 Å². The molecule has 1 heterocycles. The van der Waals surface area contributed by atoms with Crippen molar-refractivity contribution in [3.05, 3.63) is 29.6 Å². The lowest BCUT2D eigenvalue weighted by Crippen LogP contribution is -2.62. The van der Waals surface area contributed by atoms with Gasteiger partial charge in [0.15, 0.2) is 0 Å². The first-order valence-corrected chi connectivity index (χ1v) is 4.49. The Bertz CT molecular complexity index is 350. The molecule has 1 fully saturated rings. The summed E-state index contributed by atoms with van der Waals surface area (Å²) in [4.78, 5) is 0. The lowest BCUT2D eigenvalue weighted by atomic mass is 9.85. The Morgan fingerprint density at radius 1 is 1.50 bits per heavy atom. The van der Waals surface area contributed by atoms with Gasteiger partial charge in [-0.2, -0.15) is 0 Å². The van der Waals surface area contributed by atoms with Gasteiger partial charge in [0.2, 0.25) is 0 Å². The third kappa shape index (κ3) is 1.36. The van der Waals surface area contributed by atoms with Gasteiger partial charge in [-0.1, -0.05) is 0 Å². The first-order chi connectivity index (χ1) is 6.65. The fraction of sp³-hybridized carbons (Fsp3) is 0.400. The first-order valence-electron chi connectivity index (χ1n) is 4.49. The lowest BCUT2D eigenvalue weighted by molar-refractivity contribution is 0.273. The second-order valence-corrected chi connectivity index (χ2v) is 3.60. The quantitative estimate of drug-likeness (QED) is 0.727. The van der Waals surface area contributed by atoms with E-state index in [9.17, 15) is 4.39 Å². The average molecular weight is 196 g/mol. The summed E-state index contributed by atoms with van der Waals surface area (Å²) < 4.78 is 18.2. The van der Waals surface area contributed by atoms with E-state index < -0.39 is 5.54 Å². The molecule has 0 amide bonds. The van der Waals surface area contributed by atoms with E-state index in [4.69, 9.17) is 10.5 Å². The summed E-state index contributed by atoms with van der Waals surface area (Å²) in [7, 11) is 1.56. The molecule has 1 aromatic carbocycles. The highest BCUT2D eigenvalue weighted by molar-refractivity contribution is 5.41. The molecule has 0 atom stereocenters. The van der Waals surface area contributed by atoms with Gasteiger partial charge in [-0.15, -0.1) is 0 Å². The number of hydrogen-bond acceptors (Lipinski definition) is 3. The van der Waals surface area contributed by atoms with Crippen LogP contribution in [0.1, 0.15) is 5.56 Å². The molecule has 1 aliphatic heterocycles. The molecule has 0 saturated carbocycles. The molecule has 2 rings (SSSR count). The zero-order chi connectivity index (χ0) is 10.2. The van der Waals surface area contributed by atoms with Gasteiger partial charge >= 0.3 is 0 Å². The standard InChI is InChI=1S/C10H13FN2O/c1-14-9-3-2-7(11)4-8(9)10(12)5-13-6-10/h2-4,13H,5-6,12H2,1H3. The number of methoxy groups -OCH3 is 1. The van der Waals surface area contributed by atoms with Crippen molar-refractivity contribution >= 4 is 0 Å². The van der Waals surface area contributed by atoms with Gasteiger partial charge in [0, 0.05) is 18.7 Å². The predicted molar refractivity (Wildman–Crippen MR) is 51.7 cm³/mol. The molecular formula is C10H13FN2O. The lowest BCUT2D eigenvalue weighted by Gasteiger charge is -2.40. The van der Waals surface area contributed by atoms with E-state index in [1.54, 1.807) is 13.2 Å². The number of hydrogen-bond donors (Lipinski definition) is 2. The Morgan fingerprint density at radius 2 is 2.21 bits per heavy atom. The van der Waals surface area contributed by atoms with Crippen LogP contribution in [0.2, 0.25) is 0 Å². The van der Waals surface area contributed by atoms with Gasteiger partial charge in [-0.25, -0.2) is 4.39 Å². The molecule has 0 radical (unpaired) electrons. The van der Waals surface area contributed by atoms with Crippen molar-refractivity contribution in [2.75, 3.05) is 20.2 Å². The number of nitrogens with one attached hydrogen (secondary N) is 1. The molecule has 3 N–H and O–H groups in total. The normalized spacial score (nSPS) is 18.8. The van der Waals surface area contributed by atoms with Crippen molar-refractivity contribution in [3.8, 4) is 5.75 Å². The van der Waals surface area contributed by atoms with Crippen LogP contribution in [0.4, 0.5) is 4.39 Å². The first kappa shape index (κ1) is 9.43. The van der Waals surface area contributed by atoms with E-state index in [1.807, 2.05) is 0 Å². The summed E-state index contributed by atoms with van der Waals surface area (Å²) in [5.74, 6) is 0.368. The third-order valence-corrected chi connectivity index (χ3v) is 2.58. The van der Waals surface area contributed by atoms with Crippen LogP contribution in [0.25, 0.3) is 0 Å². The molecule has 4 heteroatoms. The van der Waals surface area contributed by atoms with Crippen molar-refractivity contribution in [2.24, 2.45) is 5.73 Å². The third-order valence-electron chi connectivity index (χ3n) is 2.58. The molecule has 14 heavy (non-hydrogen) atoms. The number of halogens is 1. The zero-order valence-corrected chi connectivity index (χ0v) is 8.01. The summed E-state index contributed by atoms with van der Waals surface area (Å²) in [6.45, 7) is 1.32. The molecule has 3 nitrogen and oxygen atoms in total. The van der Waals surface area contributed by atoms with Crippen LogP contribution < -0.4 is 15.8 Å². The van der Waals surface area contributed by atoms with Gasteiger partial charge in [0.1, 0.15) is 11.6 Å². The summed E-state index contributed by atoms with van der Waals surface area (Å²) in [6, 6.07) is 4.43. The van der Waals surface area contributed by atoms with Gasteiger partial charge in [-0.05, 0) is 18.2 Å². The van der Waals surface area contributed by atoms with Crippen LogP contribution in [0.3, 0.4) is 0 Å². The number of ether oxygens (including phenoxy) is 1. The molecular weight excluding hydrogens is 183 g/mol. The minimum absolute atomic E-state index is 0.280. The topological polar surface area (TPSA) is 47.3 Å². The average Bonchev–Trinajstić information content (AvgIpc) is 2.14. The fourth-order valence-electron chi connectivity index (χ4n) is 1.65. The van der Waals surface area contributed by atoms with Crippen molar-refractivity contribution < 1.29 is 9.13 Å². The highest BCUT2D eigenvalue weighted by Gasteiger charge is 2.36. The maximum atomic E-state index is 13.0. The van der Waals surface area contributed by atoms with Crippen LogP contribution in [0.5, 0.6) is 5.75 Å². The molecule has 1 aromatic rings. The largest absolute Gasteiger partial charge is 0.496 e. The van der Waals surface area contributed by atoms with Crippen molar-refractivity contribution in [1.82, 2.24) is 5.32 Å². The maximum Gasteiger partial charge on any atom is 0.124 e. The summed E-state index contributed by atoms with van der Waals surface area (Å²) in [5, 5.41) is 3.07. The fourth-order valence-corrected chi connectivity index (χ4v) is 1.65. The maximum absolute atomic E-state index is 13.0. The molecule has 0 aromatic heterocycles. The molecule has 0 aliphatic carbocycles. The molecule has 1 saturated heterocycles. The van der Waals surface area contributed by atoms with Gasteiger partial charge in [0.05, 0.1) is 12.6 Å². The van der Waals surface area contributed by atoms with Crippen LogP contribution in [-0.4, -0.2) is 20.2 Å². The number of nitrogens with two attached hydrogens (primary N) is 1. The Morgan fingerprint density at radius 3 is 2.71 bits per heavy atom. The van der Waals surface area contributed by atoms with Gasteiger partial charge in [0.25, 0.3) is 0 Å². The second-order valence-electron chi connectivity index (χ2n) is 3.60. The van der Waals surface area contributed by atoms with E-state index in [-0.39, 0.29) is 5.82 Å². The van der Waals surface area contributed by atoms with Crippen LogP contribution in [0, 0.1) is 5.82 Å². The van der Waals surface area contributed by atoms with Gasteiger partial charge in [-0.3, -0.25) is 0 Å². The van der Waals surface area contributed by atoms with E-state index in [2.05, 4.69) is 5.32 Å². The Labute approximate surface area is 82.1 Å². The molecule has 0 unspecified atom stereocenters. The summed E-state index contributed by atoms with van der Waals surface area (Å²) in [5.41, 5.74) is 6.32. The van der Waals surface area contributed by atoms with E-state index >= 15 is 0 Å². The SMILES string of the molecule is COc1ccc(F)cc1C1(N)CNC1. The molecule has 1 aliphatic rings. The van der Waals surface area contributed by atoms with E-state index in [0.717, 1.165) is 5.56 Å². The monoisotopic (exact) mass is 196 g/mol. The zero-order valence-electron chi connectivity index (χ0n) is 8.01. The minimum atomic E-state index is -0.479. The van der Waals surface area contributed by atoms with Crippen molar-refractivity contribution in [3.63, 3.8) is 0 Å². The second kappa shape index (κ2) is 3.22. The Hall–Kier alpha value is -1.13. The van der Waals surface area contributed by atoms with Crippen molar-refractivity contribution in [2.45, 2.75) is 5.54 Å². The minimum Gasteiger partial charge on any atom is -0.496 e.